The minimum absolute atomic E-state index is 1.69. The van der Waals surface area contributed by atoms with Crippen molar-refractivity contribution in [3.8, 4) is 0 Å². The summed E-state index contributed by atoms with van der Waals surface area (Å²) < 4.78 is 0. The third kappa shape index (κ3) is 7.01. The van der Waals surface area contributed by atoms with Crippen LogP contribution in [0.4, 0.5) is 0 Å². The van der Waals surface area contributed by atoms with Crippen molar-refractivity contribution in [3.63, 3.8) is 0 Å². The fraction of sp³-hybridized carbons (Fsp3) is 0.500. The minimum Gasteiger partial charge on any atom is -0.393 e. The molecule has 0 spiro atoms. The molecule has 9 heavy (non-hydrogen) atoms. The zero-order valence-electron chi connectivity index (χ0n) is 6.13. The normalized spacial score (nSPS) is 11.0. The van der Waals surface area contributed by atoms with Crippen molar-refractivity contribution in [2.45, 2.75) is 0 Å². The maximum absolute atomic E-state index is 3.92. The Bertz CT molecular complexity index is 105. The zero-order chi connectivity index (χ0) is 7.11. The van der Waals surface area contributed by atoms with E-state index in [0.717, 1.165) is 0 Å². The molecule has 0 amide bonds. The van der Waals surface area contributed by atoms with E-state index in [2.05, 4.69) is 10.3 Å². The van der Waals surface area contributed by atoms with Gasteiger partial charge in [-0.25, -0.2) is 4.99 Å². The predicted octanol–water partition coefficient (Wildman–Crippen LogP) is 0.267. The fourth-order valence-corrected chi connectivity index (χ4v) is 0.289. The van der Waals surface area contributed by atoms with Gasteiger partial charge in [0.1, 0.15) is 0 Å². The lowest BCUT2D eigenvalue weighted by molar-refractivity contribution is 0.643. The van der Waals surface area contributed by atoms with E-state index in [-0.39, 0.29) is 0 Å². The molecule has 0 aromatic carbocycles. The van der Waals surface area contributed by atoms with Crippen LogP contribution in [0.5, 0.6) is 0 Å². The molecule has 0 aliphatic rings. The fourth-order valence-electron chi connectivity index (χ4n) is 0.289. The van der Waals surface area contributed by atoms with Crippen LogP contribution < -0.4 is 5.32 Å². The number of rotatable bonds is 3. The van der Waals surface area contributed by atoms with E-state index in [1.54, 1.807) is 18.7 Å². The Balaban J connectivity index is 3.35. The van der Waals surface area contributed by atoms with Crippen molar-refractivity contribution in [3.05, 3.63) is 12.4 Å². The molecule has 0 rings (SSSR count). The Kier molecular flexibility index (Phi) is 4.59. The Hall–Kier alpha value is -0.990. The highest BCUT2D eigenvalue weighted by atomic mass is 15.1. The first kappa shape index (κ1) is 8.01. The maximum Gasteiger partial charge on any atom is 0.0900 e. The number of aliphatic imine (C=N–C) groups is 1. The molecule has 0 heterocycles. The molecule has 0 aliphatic heterocycles. The van der Waals surface area contributed by atoms with Gasteiger partial charge in [0.05, 0.1) is 6.34 Å². The van der Waals surface area contributed by atoms with Gasteiger partial charge in [-0.05, 0) is 0 Å². The van der Waals surface area contributed by atoms with E-state index in [0.29, 0.717) is 0 Å². The highest BCUT2D eigenvalue weighted by Crippen LogP contribution is 1.70. The van der Waals surface area contributed by atoms with Crippen molar-refractivity contribution in [2.75, 3.05) is 21.1 Å². The summed E-state index contributed by atoms with van der Waals surface area (Å²) in [7, 11) is 5.69. The Labute approximate surface area is 56.1 Å². The van der Waals surface area contributed by atoms with E-state index < -0.39 is 0 Å². The Morgan fingerprint density at radius 1 is 1.44 bits per heavy atom. The quantitative estimate of drug-likeness (QED) is 0.435. The average Bonchev–Trinajstić information content (AvgIpc) is 1.80. The summed E-state index contributed by atoms with van der Waals surface area (Å²) in [5, 5.41) is 2.83. The van der Waals surface area contributed by atoms with E-state index in [4.69, 9.17) is 0 Å². The van der Waals surface area contributed by atoms with Gasteiger partial charge in [0.25, 0.3) is 0 Å². The molecule has 1 N–H and O–H groups in total. The molecular weight excluding hydrogens is 114 g/mol. The van der Waals surface area contributed by atoms with Crippen molar-refractivity contribution in [1.82, 2.24) is 10.2 Å². The molecule has 52 valence electrons. The average molecular weight is 127 g/mol. The van der Waals surface area contributed by atoms with Crippen LogP contribution in [-0.4, -0.2) is 32.4 Å². The number of hydrogen-bond donors (Lipinski definition) is 1. The summed E-state index contributed by atoms with van der Waals surface area (Å²) in [6.07, 6.45) is 5.19. The van der Waals surface area contributed by atoms with Crippen LogP contribution in [0.25, 0.3) is 0 Å². The highest BCUT2D eigenvalue weighted by molar-refractivity contribution is 5.54. The summed E-state index contributed by atoms with van der Waals surface area (Å²) in [5.74, 6) is 0. The molecule has 3 heteroatoms. The minimum atomic E-state index is 1.69. The largest absolute Gasteiger partial charge is 0.393 e. The molecule has 0 fully saturated rings. The SMILES string of the molecule is CNC=CN=CN(C)C. The third-order valence-corrected chi connectivity index (χ3v) is 0.625. The van der Waals surface area contributed by atoms with Crippen LogP contribution in [0.15, 0.2) is 17.4 Å². The second-order valence-corrected chi connectivity index (χ2v) is 1.83. The van der Waals surface area contributed by atoms with Crippen molar-refractivity contribution in [1.29, 1.82) is 0 Å². The summed E-state index contributed by atoms with van der Waals surface area (Å²) in [6.45, 7) is 0. The summed E-state index contributed by atoms with van der Waals surface area (Å²) in [6, 6.07) is 0. The molecule has 3 nitrogen and oxygen atoms in total. The smallest absolute Gasteiger partial charge is 0.0900 e. The second-order valence-electron chi connectivity index (χ2n) is 1.83. The van der Waals surface area contributed by atoms with Gasteiger partial charge in [-0.15, -0.1) is 0 Å². The van der Waals surface area contributed by atoms with Crippen molar-refractivity contribution < 1.29 is 0 Å². The van der Waals surface area contributed by atoms with Gasteiger partial charge < -0.3 is 10.2 Å². The van der Waals surface area contributed by atoms with Crippen LogP contribution in [0.3, 0.4) is 0 Å². The maximum atomic E-state index is 3.92. The molecule has 0 unspecified atom stereocenters. The lowest BCUT2D eigenvalue weighted by Crippen LogP contribution is -2.06. The number of nitrogens with one attached hydrogen (secondary N) is 1. The second kappa shape index (κ2) is 5.15. The van der Waals surface area contributed by atoms with Gasteiger partial charge in [-0.2, -0.15) is 0 Å². The Morgan fingerprint density at radius 3 is 2.56 bits per heavy atom. The first-order valence-electron chi connectivity index (χ1n) is 2.79. The van der Waals surface area contributed by atoms with Crippen LogP contribution in [-0.2, 0) is 0 Å². The van der Waals surface area contributed by atoms with E-state index in [9.17, 15) is 0 Å². The van der Waals surface area contributed by atoms with E-state index >= 15 is 0 Å². The first-order valence-corrected chi connectivity index (χ1v) is 2.79. The van der Waals surface area contributed by atoms with Gasteiger partial charge in [0, 0.05) is 33.5 Å². The molecule has 0 aromatic heterocycles. The highest BCUT2D eigenvalue weighted by Gasteiger charge is 1.70. The molecule has 0 atom stereocenters. The lowest BCUT2D eigenvalue weighted by Gasteiger charge is -1.99. The van der Waals surface area contributed by atoms with Crippen LogP contribution in [0.1, 0.15) is 0 Å². The third-order valence-electron chi connectivity index (χ3n) is 0.625. The van der Waals surface area contributed by atoms with Crippen LogP contribution >= 0.6 is 0 Å². The van der Waals surface area contributed by atoms with E-state index in [1.807, 2.05) is 26.0 Å². The van der Waals surface area contributed by atoms with Gasteiger partial charge in [-0.3, -0.25) is 0 Å². The molecule has 0 saturated carbocycles. The van der Waals surface area contributed by atoms with Crippen molar-refractivity contribution >= 4 is 6.34 Å². The summed E-state index contributed by atoms with van der Waals surface area (Å²) in [5.41, 5.74) is 0. The van der Waals surface area contributed by atoms with Crippen molar-refractivity contribution in [2.24, 2.45) is 4.99 Å². The molecule has 0 aromatic rings. The standard InChI is InChI=1S/C6H13N3/c1-7-4-5-8-6-9(2)3/h4-7H,1-3H3. The first-order chi connectivity index (χ1) is 4.27. The molecule has 0 bridgehead atoms. The number of nitrogens with zero attached hydrogens (tertiary/aromatic N) is 2. The molecule has 0 saturated heterocycles. The van der Waals surface area contributed by atoms with Gasteiger partial charge in [-0.1, -0.05) is 0 Å². The van der Waals surface area contributed by atoms with Crippen LogP contribution in [0.2, 0.25) is 0 Å². The van der Waals surface area contributed by atoms with Gasteiger partial charge in [0.2, 0.25) is 0 Å². The number of hydrogen-bond acceptors (Lipinski definition) is 2. The predicted molar refractivity (Wildman–Crippen MR) is 40.4 cm³/mol. The zero-order valence-corrected chi connectivity index (χ0v) is 6.13. The molecular formula is C6H13N3. The van der Waals surface area contributed by atoms with E-state index in [1.165, 1.54) is 0 Å². The molecule has 0 radical (unpaired) electrons. The van der Waals surface area contributed by atoms with Gasteiger partial charge in [0.15, 0.2) is 0 Å². The monoisotopic (exact) mass is 127 g/mol. The molecule has 0 aliphatic carbocycles. The van der Waals surface area contributed by atoms with Crippen LogP contribution in [0, 0.1) is 0 Å². The topological polar surface area (TPSA) is 27.6 Å². The van der Waals surface area contributed by atoms with Gasteiger partial charge >= 0.3 is 0 Å². The lowest BCUT2D eigenvalue weighted by atomic mass is 10.8. The summed E-state index contributed by atoms with van der Waals surface area (Å²) >= 11 is 0. The summed E-state index contributed by atoms with van der Waals surface area (Å²) in [4.78, 5) is 5.79. The Morgan fingerprint density at radius 2 is 2.11 bits per heavy atom.